The molecule has 0 radical (unpaired) electrons. The number of nitrogens with one attached hydrogen (secondary N) is 1. The SMILES string of the molecule is N[C@H]1CN(C(=O)CO)c2ccccc2N(CC(=O)N[C@H](C=O)CC(=O)O)C1=O. The minimum atomic E-state index is -1.27. The first-order valence-electron chi connectivity index (χ1n) is 8.32. The standard InChI is InChI=1S/C17H20N4O7/c18-11-6-20(15(25)9-23)12-3-1-2-4-13(12)21(17(11)28)7-14(24)19-10(8-22)5-16(26)27/h1-4,8,10-11,23H,5-7,9,18H2,(H,19,24)(H,26,27)/t10-,11-/m0/s1. The molecule has 1 aliphatic rings. The Hall–Kier alpha value is -3.31. The van der Waals surface area contributed by atoms with Gasteiger partial charge in [0.05, 0.1) is 30.4 Å². The highest BCUT2D eigenvalue weighted by molar-refractivity contribution is 6.09. The van der Waals surface area contributed by atoms with Gasteiger partial charge < -0.3 is 31.0 Å². The lowest BCUT2D eigenvalue weighted by molar-refractivity contribution is -0.139. The van der Waals surface area contributed by atoms with Crippen LogP contribution in [0.4, 0.5) is 11.4 Å². The number of nitrogens with zero attached hydrogens (tertiary/aromatic N) is 2. The van der Waals surface area contributed by atoms with Gasteiger partial charge in [-0.3, -0.25) is 24.1 Å². The number of aliphatic hydroxyl groups excluding tert-OH is 1. The van der Waals surface area contributed by atoms with Gasteiger partial charge in [-0.2, -0.15) is 0 Å². The molecule has 0 fully saturated rings. The Morgan fingerprint density at radius 1 is 1.29 bits per heavy atom. The third kappa shape index (κ3) is 4.69. The number of aliphatic hydroxyl groups is 1. The second-order valence-electron chi connectivity index (χ2n) is 6.09. The Kier molecular flexibility index (Phi) is 6.79. The number of amides is 3. The third-order valence-electron chi connectivity index (χ3n) is 4.07. The number of anilines is 2. The Morgan fingerprint density at radius 2 is 1.93 bits per heavy atom. The predicted octanol–water partition coefficient (Wildman–Crippen LogP) is -2.16. The number of rotatable bonds is 7. The summed E-state index contributed by atoms with van der Waals surface area (Å²) >= 11 is 0. The first kappa shape index (κ1) is 21.0. The van der Waals surface area contributed by atoms with Crippen molar-refractivity contribution < 1.29 is 34.2 Å². The molecule has 0 aromatic heterocycles. The van der Waals surface area contributed by atoms with Gasteiger partial charge in [0, 0.05) is 0 Å². The molecule has 150 valence electrons. The summed E-state index contributed by atoms with van der Waals surface area (Å²) in [5.74, 6) is -3.34. The molecule has 0 saturated heterocycles. The van der Waals surface area contributed by atoms with Gasteiger partial charge >= 0.3 is 5.97 Å². The minimum Gasteiger partial charge on any atom is -0.481 e. The van der Waals surface area contributed by atoms with Gasteiger partial charge in [-0.05, 0) is 12.1 Å². The highest BCUT2D eigenvalue weighted by Gasteiger charge is 2.35. The molecule has 1 aromatic carbocycles. The lowest BCUT2D eigenvalue weighted by atomic mass is 10.2. The first-order valence-corrected chi connectivity index (χ1v) is 8.32. The second kappa shape index (κ2) is 9.06. The monoisotopic (exact) mass is 392 g/mol. The lowest BCUT2D eigenvalue weighted by Crippen LogP contribution is -2.51. The molecule has 11 heteroatoms. The van der Waals surface area contributed by atoms with Crippen molar-refractivity contribution in [3.63, 3.8) is 0 Å². The third-order valence-corrected chi connectivity index (χ3v) is 4.07. The molecule has 0 unspecified atom stereocenters. The summed E-state index contributed by atoms with van der Waals surface area (Å²) in [5.41, 5.74) is 6.37. The van der Waals surface area contributed by atoms with Crippen LogP contribution in [0.1, 0.15) is 6.42 Å². The van der Waals surface area contributed by atoms with Crippen LogP contribution >= 0.6 is 0 Å². The maximum absolute atomic E-state index is 12.7. The van der Waals surface area contributed by atoms with E-state index in [9.17, 15) is 29.1 Å². The number of hydrogen-bond donors (Lipinski definition) is 4. The van der Waals surface area contributed by atoms with Crippen LogP contribution in [0.2, 0.25) is 0 Å². The largest absolute Gasteiger partial charge is 0.481 e. The van der Waals surface area contributed by atoms with Crippen molar-refractivity contribution in [2.45, 2.75) is 18.5 Å². The van der Waals surface area contributed by atoms with Crippen molar-refractivity contribution in [2.24, 2.45) is 5.73 Å². The maximum Gasteiger partial charge on any atom is 0.305 e. The highest BCUT2D eigenvalue weighted by atomic mass is 16.4. The molecule has 11 nitrogen and oxygen atoms in total. The number of carboxylic acids is 1. The normalized spacial score (nSPS) is 17.4. The number of para-hydroxylation sites is 2. The Labute approximate surface area is 159 Å². The van der Waals surface area contributed by atoms with Crippen molar-refractivity contribution in [1.29, 1.82) is 0 Å². The summed E-state index contributed by atoms with van der Waals surface area (Å²) in [5, 5.41) is 20.2. The average molecular weight is 392 g/mol. The summed E-state index contributed by atoms with van der Waals surface area (Å²) in [6.45, 7) is -1.51. The van der Waals surface area contributed by atoms with E-state index in [1.54, 1.807) is 12.1 Å². The minimum absolute atomic E-state index is 0.191. The van der Waals surface area contributed by atoms with Gasteiger partial charge in [-0.1, -0.05) is 12.1 Å². The van der Waals surface area contributed by atoms with Gasteiger partial charge in [0.2, 0.25) is 11.8 Å². The number of fused-ring (bicyclic) bond motifs is 1. The number of benzene rings is 1. The quantitative estimate of drug-likeness (QED) is 0.380. The Bertz CT molecular complexity index is 797. The Morgan fingerprint density at radius 3 is 2.50 bits per heavy atom. The van der Waals surface area contributed by atoms with Crippen molar-refractivity contribution >= 4 is 41.4 Å². The number of aliphatic carboxylic acids is 1. The summed E-state index contributed by atoms with van der Waals surface area (Å²) in [6.07, 6.45) is -0.310. The zero-order chi connectivity index (χ0) is 20.8. The van der Waals surface area contributed by atoms with E-state index in [4.69, 9.17) is 10.8 Å². The van der Waals surface area contributed by atoms with Gasteiger partial charge in [0.15, 0.2) is 0 Å². The van der Waals surface area contributed by atoms with Crippen LogP contribution in [0, 0.1) is 0 Å². The highest BCUT2D eigenvalue weighted by Crippen LogP contribution is 2.32. The van der Waals surface area contributed by atoms with E-state index in [0.717, 1.165) is 9.80 Å². The number of aldehydes is 1. The fourth-order valence-electron chi connectivity index (χ4n) is 2.81. The molecule has 0 spiro atoms. The fraction of sp³-hybridized carbons (Fsp3) is 0.353. The van der Waals surface area contributed by atoms with E-state index in [-0.39, 0.29) is 24.2 Å². The van der Waals surface area contributed by atoms with Crippen LogP contribution in [-0.2, 0) is 24.0 Å². The molecule has 28 heavy (non-hydrogen) atoms. The number of hydrogen-bond acceptors (Lipinski definition) is 7. The van der Waals surface area contributed by atoms with Gasteiger partial charge in [0.1, 0.15) is 25.5 Å². The first-order chi connectivity index (χ1) is 13.3. The molecule has 3 amide bonds. The number of carbonyl (C=O) groups is 5. The summed E-state index contributed by atoms with van der Waals surface area (Å²) in [7, 11) is 0. The molecule has 2 rings (SSSR count). The molecule has 0 aliphatic carbocycles. The van der Waals surface area contributed by atoms with Crippen LogP contribution in [0.25, 0.3) is 0 Å². The number of carbonyl (C=O) groups excluding carboxylic acids is 4. The van der Waals surface area contributed by atoms with Crippen LogP contribution in [0.5, 0.6) is 0 Å². The average Bonchev–Trinajstić information content (AvgIpc) is 2.77. The molecule has 0 bridgehead atoms. The lowest BCUT2D eigenvalue weighted by Gasteiger charge is -2.25. The van der Waals surface area contributed by atoms with Crippen molar-refractivity contribution in [3.8, 4) is 0 Å². The summed E-state index contributed by atoms with van der Waals surface area (Å²) < 4.78 is 0. The summed E-state index contributed by atoms with van der Waals surface area (Å²) in [4.78, 5) is 60.9. The van der Waals surface area contributed by atoms with Crippen molar-refractivity contribution in [1.82, 2.24) is 5.32 Å². The zero-order valence-electron chi connectivity index (χ0n) is 14.8. The van der Waals surface area contributed by atoms with E-state index >= 15 is 0 Å². The van der Waals surface area contributed by atoms with Crippen LogP contribution in [0.15, 0.2) is 24.3 Å². The van der Waals surface area contributed by atoms with Gasteiger partial charge in [-0.15, -0.1) is 0 Å². The van der Waals surface area contributed by atoms with Crippen LogP contribution < -0.4 is 20.9 Å². The van der Waals surface area contributed by atoms with Crippen LogP contribution in [-0.4, -0.2) is 72.0 Å². The van der Waals surface area contributed by atoms with Gasteiger partial charge in [-0.25, -0.2) is 0 Å². The van der Waals surface area contributed by atoms with E-state index in [2.05, 4.69) is 5.32 Å². The van der Waals surface area contributed by atoms with Crippen molar-refractivity contribution in [3.05, 3.63) is 24.3 Å². The molecule has 1 heterocycles. The van der Waals surface area contributed by atoms with E-state index in [1.807, 2.05) is 0 Å². The molecular weight excluding hydrogens is 372 g/mol. The smallest absolute Gasteiger partial charge is 0.305 e. The van der Waals surface area contributed by atoms with Crippen LogP contribution in [0.3, 0.4) is 0 Å². The Balaban J connectivity index is 2.32. The molecule has 1 aromatic rings. The number of nitrogens with two attached hydrogens (primary N) is 1. The summed E-state index contributed by atoms with van der Waals surface area (Å²) in [6, 6.07) is 3.85. The second-order valence-corrected chi connectivity index (χ2v) is 6.09. The van der Waals surface area contributed by atoms with Gasteiger partial charge in [0.25, 0.3) is 5.91 Å². The topological polar surface area (TPSA) is 170 Å². The predicted molar refractivity (Wildman–Crippen MR) is 96.5 cm³/mol. The van der Waals surface area contributed by atoms with E-state index < -0.39 is 55.3 Å². The molecule has 0 saturated carbocycles. The van der Waals surface area contributed by atoms with Crippen molar-refractivity contribution in [2.75, 3.05) is 29.5 Å². The molecule has 1 aliphatic heterocycles. The van der Waals surface area contributed by atoms with E-state index in [1.165, 1.54) is 12.1 Å². The fourth-order valence-corrected chi connectivity index (χ4v) is 2.81. The zero-order valence-corrected chi connectivity index (χ0v) is 14.8. The maximum atomic E-state index is 12.7. The number of carboxylic acid groups (broad SMARTS) is 1. The molecular formula is C17H20N4O7. The molecule has 5 N–H and O–H groups in total. The molecule has 2 atom stereocenters. The van der Waals surface area contributed by atoms with E-state index in [0.29, 0.717) is 0 Å².